The normalized spacial score (nSPS) is 18.2. The molecule has 184 valence electrons. The van der Waals surface area contributed by atoms with Crippen molar-refractivity contribution in [1.29, 1.82) is 0 Å². The van der Waals surface area contributed by atoms with Gasteiger partial charge in [0.15, 0.2) is 5.78 Å². The van der Waals surface area contributed by atoms with E-state index in [4.69, 9.17) is 42.9 Å². The summed E-state index contributed by atoms with van der Waals surface area (Å²) in [5.74, 6) is 1.58. The van der Waals surface area contributed by atoms with Crippen LogP contribution in [0.15, 0.2) is 30.3 Å². The van der Waals surface area contributed by atoms with Gasteiger partial charge in [0.25, 0.3) is 0 Å². The molecule has 1 N–H and O–H groups in total. The van der Waals surface area contributed by atoms with Gasteiger partial charge in [0, 0.05) is 16.5 Å². The summed E-state index contributed by atoms with van der Waals surface area (Å²) in [5, 5.41) is 31.2. The van der Waals surface area contributed by atoms with Gasteiger partial charge >= 0.3 is 103 Å². The van der Waals surface area contributed by atoms with E-state index >= 15 is 0 Å². The van der Waals surface area contributed by atoms with Crippen LogP contribution in [-0.2, 0) is 13.0 Å². The summed E-state index contributed by atoms with van der Waals surface area (Å²) in [6.45, 7) is 2.41. The van der Waals surface area contributed by atoms with Gasteiger partial charge in [-0.05, 0) is 53.7 Å². The van der Waals surface area contributed by atoms with E-state index in [1.807, 2.05) is 30.3 Å². The Balaban J connectivity index is 0.000000750. The maximum absolute atomic E-state index is 13.3. The topological polar surface area (TPSA) is 144 Å². The number of carbonyl (C=O) groups excluding carboxylic acids is 2. The number of carboxylic acid groups (broad SMARTS) is 2. The number of aromatic nitrogens is 4. The summed E-state index contributed by atoms with van der Waals surface area (Å²) in [7, 11) is 0. The van der Waals surface area contributed by atoms with Crippen LogP contribution in [0.5, 0.6) is 5.75 Å². The van der Waals surface area contributed by atoms with E-state index in [1.54, 1.807) is 0 Å². The number of benzene rings is 2. The number of carbonyl (C=O) groups is 2. The Morgan fingerprint density at radius 3 is 2.32 bits per heavy atom. The Morgan fingerprint density at radius 2 is 1.76 bits per heavy atom. The van der Waals surface area contributed by atoms with Crippen molar-refractivity contribution in [2.75, 3.05) is 0 Å². The minimum Gasteiger partial charge on any atom is -0.652 e. The van der Waals surface area contributed by atoms with Gasteiger partial charge in [-0.1, -0.05) is 67.2 Å². The third-order valence-electron chi connectivity index (χ3n) is 6.77. The zero-order valence-electron chi connectivity index (χ0n) is 20.8. The second-order valence-electron chi connectivity index (χ2n) is 8.91. The Morgan fingerprint density at radius 1 is 1.14 bits per heavy atom. The number of hydrogen-bond donors (Lipinski definition) is 1. The monoisotopic (exact) mass is 594 g/mol. The number of ether oxygens (including phenoxy) is 1. The summed E-state index contributed by atoms with van der Waals surface area (Å²) >= 11 is 13.1. The summed E-state index contributed by atoms with van der Waals surface area (Å²) in [4.78, 5) is 21.6. The Labute approximate surface area is 309 Å². The molecule has 2 aromatic carbocycles. The minimum absolute atomic E-state index is 0. The number of nitrogens with zero attached hydrogens (tertiary/aromatic N) is 3. The van der Waals surface area contributed by atoms with Crippen LogP contribution >= 0.6 is 23.2 Å². The number of nitrogens with one attached hydrogen (secondary N) is 1. The molecule has 3 aromatic rings. The van der Waals surface area contributed by atoms with Crippen LogP contribution in [-0.4, -0.2) is 32.6 Å². The van der Waals surface area contributed by atoms with Gasteiger partial charge in [-0.15, -0.1) is 10.2 Å². The molecule has 1 heterocycles. The van der Waals surface area contributed by atoms with Gasteiger partial charge in [-0.25, -0.2) is 0 Å². The van der Waals surface area contributed by atoms with Gasteiger partial charge < -0.3 is 19.7 Å². The van der Waals surface area contributed by atoms with Gasteiger partial charge in [0.2, 0.25) is 5.82 Å². The van der Waals surface area contributed by atoms with E-state index in [0.717, 1.165) is 29.5 Å². The quantitative estimate of drug-likeness (QED) is 0.313. The van der Waals surface area contributed by atoms with E-state index in [0.29, 0.717) is 46.1 Å². The van der Waals surface area contributed by atoms with Crippen molar-refractivity contribution in [2.45, 2.75) is 45.6 Å². The average molecular weight is 596 g/mol. The molecule has 0 bridgehead atoms. The number of Topliss-reactive ketones (excluding diaryl/α,β-unsaturated/α-hetero) is 1. The standard InChI is InChI=1S/C23H22Cl2N4O2.CH2O3.2K/c1-23(16-4-2-3-5-16)11-15-10-17(19(24)20(25)18(15)21(23)30)31-12-13-6-8-14(9-7-13)22-26-28-29-27-22;2-1(3)4;;/h6-10,16H,2-5,11-12H2,1H3,(H,26,27,28,29);(H2,2,3,4);;/q;;2*+1/p-2. The maximum Gasteiger partial charge on any atom is 1.00 e. The van der Waals surface area contributed by atoms with Crippen LogP contribution in [0.2, 0.25) is 10.0 Å². The van der Waals surface area contributed by atoms with Crippen LogP contribution in [0.25, 0.3) is 11.4 Å². The summed E-state index contributed by atoms with van der Waals surface area (Å²) in [5.41, 5.74) is 2.96. The Bertz CT molecular complexity index is 1230. The summed E-state index contributed by atoms with van der Waals surface area (Å²) in [6.07, 6.45) is 2.95. The minimum atomic E-state index is -2.33. The molecule has 0 aliphatic heterocycles. The number of tetrazole rings is 1. The molecule has 1 atom stereocenters. The summed E-state index contributed by atoms with van der Waals surface area (Å²) in [6, 6.07) is 9.60. The van der Waals surface area contributed by atoms with Gasteiger partial charge in [0.1, 0.15) is 17.4 Å². The number of halogens is 2. The fraction of sp³-hybridized carbons (Fsp3) is 0.375. The number of ketones is 1. The van der Waals surface area contributed by atoms with Crippen LogP contribution in [0.4, 0.5) is 4.79 Å². The second-order valence-corrected chi connectivity index (χ2v) is 9.67. The van der Waals surface area contributed by atoms with E-state index in [9.17, 15) is 4.79 Å². The van der Waals surface area contributed by atoms with Gasteiger partial charge in [-0.2, -0.15) is 5.21 Å². The smallest absolute Gasteiger partial charge is 0.652 e. The first-order chi connectivity index (χ1) is 16.7. The van der Waals surface area contributed by atoms with E-state index in [-0.39, 0.29) is 109 Å². The first-order valence-electron chi connectivity index (χ1n) is 11.1. The molecular weight excluding hydrogens is 573 g/mol. The van der Waals surface area contributed by atoms with Crippen molar-refractivity contribution in [3.63, 3.8) is 0 Å². The average Bonchev–Trinajstić information content (AvgIpc) is 3.58. The van der Waals surface area contributed by atoms with E-state index in [2.05, 4.69) is 27.5 Å². The Hall–Kier alpha value is 0.103. The van der Waals surface area contributed by atoms with E-state index < -0.39 is 11.6 Å². The molecule has 1 saturated carbocycles. The zero-order valence-corrected chi connectivity index (χ0v) is 28.6. The van der Waals surface area contributed by atoms with Crippen molar-refractivity contribution < 1.29 is 127 Å². The van der Waals surface area contributed by atoms with Crippen molar-refractivity contribution >= 4 is 35.1 Å². The second kappa shape index (κ2) is 14.7. The van der Waals surface area contributed by atoms with Gasteiger partial charge in [-0.3, -0.25) is 4.79 Å². The summed E-state index contributed by atoms with van der Waals surface area (Å²) < 4.78 is 6.01. The molecule has 0 amide bonds. The van der Waals surface area contributed by atoms with E-state index in [1.165, 1.54) is 12.8 Å². The van der Waals surface area contributed by atoms with Crippen molar-refractivity contribution in [2.24, 2.45) is 11.3 Å². The molecule has 9 nitrogen and oxygen atoms in total. The molecule has 2 aliphatic rings. The largest absolute Gasteiger partial charge is 1.00 e. The first-order valence-corrected chi connectivity index (χ1v) is 11.9. The predicted octanol–water partition coefficient (Wildman–Crippen LogP) is -2.75. The zero-order chi connectivity index (χ0) is 25.2. The SMILES string of the molecule is CC1(C2CCCC2)Cc2cc(OCc3ccc(-c4nn[nH]n4)cc3)c(Cl)c(Cl)c2C1=O.O=C([O-])[O-].[K+].[K+]. The predicted molar refractivity (Wildman–Crippen MR) is 124 cm³/mol. The number of fused-ring (bicyclic) bond motifs is 1. The van der Waals surface area contributed by atoms with Crippen molar-refractivity contribution in [3.8, 4) is 17.1 Å². The molecule has 5 rings (SSSR count). The molecule has 0 saturated heterocycles. The molecule has 0 radical (unpaired) electrons. The molecule has 1 fully saturated rings. The number of aromatic amines is 1. The van der Waals surface area contributed by atoms with Crippen molar-refractivity contribution in [3.05, 3.63) is 57.1 Å². The fourth-order valence-electron chi connectivity index (χ4n) is 4.99. The van der Waals surface area contributed by atoms with Crippen LogP contribution in [0.1, 0.15) is 54.1 Å². The number of rotatable bonds is 5. The maximum atomic E-state index is 13.3. The van der Waals surface area contributed by atoms with Crippen LogP contribution in [0.3, 0.4) is 0 Å². The number of H-pyrrole nitrogens is 1. The molecule has 13 heteroatoms. The first kappa shape index (κ1) is 33.3. The van der Waals surface area contributed by atoms with Crippen LogP contribution < -0.4 is 118 Å². The fourth-order valence-corrected chi connectivity index (χ4v) is 5.50. The molecule has 1 aromatic heterocycles. The number of hydrogen-bond acceptors (Lipinski definition) is 8. The third-order valence-corrected chi connectivity index (χ3v) is 7.62. The van der Waals surface area contributed by atoms with Gasteiger partial charge in [0.05, 0.1) is 5.02 Å². The molecule has 37 heavy (non-hydrogen) atoms. The van der Waals surface area contributed by atoms with Crippen LogP contribution in [0, 0.1) is 11.3 Å². The molecular formula is C24H22Cl2K2N4O5. The van der Waals surface area contributed by atoms with Crippen molar-refractivity contribution in [1.82, 2.24) is 20.6 Å². The molecule has 2 aliphatic carbocycles. The molecule has 0 spiro atoms. The third kappa shape index (κ3) is 7.65. The Kier molecular flexibility index (Phi) is 13.2. The molecule has 1 unspecified atom stereocenters.